The standard InChI is InChI=1S/C20H19ClN2O3/c1-3-26-20(25)13(2)23-17-11-7-5-9-15(17)19(22-12-18(23)24)14-8-4-6-10-16(14)21/h4-11,13H,3,12H2,1-2H3. The molecule has 134 valence electrons. The van der Waals surface area contributed by atoms with Gasteiger partial charge in [0.1, 0.15) is 12.6 Å². The summed E-state index contributed by atoms with van der Waals surface area (Å²) in [6.45, 7) is 3.59. The second-order valence-corrected chi connectivity index (χ2v) is 6.26. The molecule has 1 amide bonds. The van der Waals surface area contributed by atoms with Crippen molar-refractivity contribution in [3.05, 3.63) is 64.7 Å². The van der Waals surface area contributed by atoms with E-state index in [1.165, 1.54) is 4.90 Å². The van der Waals surface area contributed by atoms with E-state index in [2.05, 4.69) is 4.99 Å². The van der Waals surface area contributed by atoms with Gasteiger partial charge in [-0.15, -0.1) is 0 Å². The van der Waals surface area contributed by atoms with E-state index < -0.39 is 12.0 Å². The second kappa shape index (κ2) is 7.70. The van der Waals surface area contributed by atoms with Crippen molar-refractivity contribution in [2.45, 2.75) is 19.9 Å². The molecule has 0 saturated carbocycles. The number of hydrogen-bond donors (Lipinski definition) is 0. The van der Waals surface area contributed by atoms with E-state index >= 15 is 0 Å². The van der Waals surface area contributed by atoms with E-state index in [9.17, 15) is 9.59 Å². The maximum Gasteiger partial charge on any atom is 0.328 e. The number of nitrogens with zero attached hydrogens (tertiary/aromatic N) is 2. The highest BCUT2D eigenvalue weighted by Crippen LogP contribution is 2.30. The predicted molar refractivity (Wildman–Crippen MR) is 102 cm³/mol. The number of benzodiazepines with no additional fused rings is 1. The number of fused-ring (bicyclic) bond motifs is 1. The number of carbonyl (C=O) groups excluding carboxylic acids is 2. The lowest BCUT2D eigenvalue weighted by atomic mass is 9.99. The molecule has 3 rings (SSSR count). The summed E-state index contributed by atoms with van der Waals surface area (Å²) in [5.74, 6) is -0.711. The van der Waals surface area contributed by atoms with Crippen LogP contribution in [-0.2, 0) is 14.3 Å². The third-order valence-electron chi connectivity index (χ3n) is 4.20. The van der Waals surface area contributed by atoms with Crippen molar-refractivity contribution >= 4 is 34.9 Å². The first kappa shape index (κ1) is 18.1. The van der Waals surface area contributed by atoms with Crippen LogP contribution in [0, 0.1) is 0 Å². The van der Waals surface area contributed by atoms with Crippen LogP contribution in [0.15, 0.2) is 53.5 Å². The number of para-hydroxylation sites is 1. The average Bonchev–Trinajstić information content (AvgIpc) is 2.78. The fourth-order valence-corrected chi connectivity index (χ4v) is 3.23. The van der Waals surface area contributed by atoms with Gasteiger partial charge in [0.15, 0.2) is 0 Å². The lowest BCUT2D eigenvalue weighted by Gasteiger charge is -2.28. The Morgan fingerprint density at radius 3 is 2.54 bits per heavy atom. The number of hydrogen-bond acceptors (Lipinski definition) is 4. The van der Waals surface area contributed by atoms with Crippen molar-refractivity contribution in [2.24, 2.45) is 4.99 Å². The lowest BCUT2D eigenvalue weighted by molar-refractivity contribution is -0.145. The highest BCUT2D eigenvalue weighted by atomic mass is 35.5. The van der Waals surface area contributed by atoms with Gasteiger partial charge in [0.05, 0.1) is 18.0 Å². The largest absolute Gasteiger partial charge is 0.464 e. The van der Waals surface area contributed by atoms with Gasteiger partial charge < -0.3 is 4.74 Å². The van der Waals surface area contributed by atoms with Crippen LogP contribution in [0.4, 0.5) is 5.69 Å². The van der Waals surface area contributed by atoms with Crippen molar-refractivity contribution in [1.29, 1.82) is 0 Å². The highest BCUT2D eigenvalue weighted by molar-refractivity contribution is 6.36. The molecule has 0 aromatic heterocycles. The Hall–Kier alpha value is -2.66. The fourth-order valence-electron chi connectivity index (χ4n) is 3.00. The lowest BCUT2D eigenvalue weighted by Crippen LogP contribution is -2.45. The van der Waals surface area contributed by atoms with Crippen LogP contribution < -0.4 is 4.90 Å². The van der Waals surface area contributed by atoms with Crippen LogP contribution in [0.3, 0.4) is 0 Å². The molecule has 26 heavy (non-hydrogen) atoms. The van der Waals surface area contributed by atoms with Crippen LogP contribution in [-0.4, -0.2) is 36.8 Å². The third kappa shape index (κ3) is 3.35. The van der Waals surface area contributed by atoms with Crippen molar-refractivity contribution < 1.29 is 14.3 Å². The quantitative estimate of drug-likeness (QED) is 0.774. The normalized spacial score (nSPS) is 15.0. The number of ether oxygens (including phenoxy) is 1. The molecule has 0 spiro atoms. The summed E-state index contributed by atoms with van der Waals surface area (Å²) in [5.41, 5.74) is 2.76. The molecule has 1 unspecified atom stereocenters. The molecule has 0 fully saturated rings. The first-order valence-corrected chi connectivity index (χ1v) is 8.79. The summed E-state index contributed by atoms with van der Waals surface area (Å²) in [6, 6.07) is 14.0. The second-order valence-electron chi connectivity index (χ2n) is 5.85. The number of esters is 1. The van der Waals surface area contributed by atoms with Gasteiger partial charge in [-0.3, -0.25) is 14.7 Å². The molecule has 2 aromatic rings. The average molecular weight is 371 g/mol. The topological polar surface area (TPSA) is 59.0 Å². The zero-order chi connectivity index (χ0) is 18.7. The maximum atomic E-state index is 12.8. The smallest absolute Gasteiger partial charge is 0.328 e. The van der Waals surface area contributed by atoms with Gasteiger partial charge in [-0.1, -0.05) is 48.0 Å². The molecule has 0 radical (unpaired) electrons. The Balaban J connectivity index is 2.12. The molecule has 0 saturated heterocycles. The maximum absolute atomic E-state index is 12.8. The number of halogens is 1. The molecule has 1 aliphatic rings. The minimum atomic E-state index is -0.746. The minimum absolute atomic E-state index is 0.0705. The number of aliphatic imine (C=N–C) groups is 1. The Bertz CT molecular complexity index is 879. The van der Waals surface area contributed by atoms with Crippen LogP contribution in [0.25, 0.3) is 0 Å². The monoisotopic (exact) mass is 370 g/mol. The molecule has 0 N–H and O–H groups in total. The minimum Gasteiger partial charge on any atom is -0.464 e. The van der Waals surface area contributed by atoms with Gasteiger partial charge in [0.2, 0.25) is 5.91 Å². The zero-order valence-corrected chi connectivity index (χ0v) is 15.4. The van der Waals surface area contributed by atoms with Crippen molar-refractivity contribution in [2.75, 3.05) is 18.1 Å². The number of benzene rings is 2. The Morgan fingerprint density at radius 2 is 1.85 bits per heavy atom. The van der Waals surface area contributed by atoms with Crippen molar-refractivity contribution in [3.63, 3.8) is 0 Å². The number of carbonyl (C=O) groups is 2. The van der Waals surface area contributed by atoms with Gasteiger partial charge in [-0.05, 0) is 26.0 Å². The first-order chi connectivity index (χ1) is 12.5. The van der Waals surface area contributed by atoms with Crippen molar-refractivity contribution in [1.82, 2.24) is 0 Å². The number of anilines is 1. The Morgan fingerprint density at radius 1 is 1.19 bits per heavy atom. The van der Waals surface area contributed by atoms with E-state index in [-0.39, 0.29) is 19.1 Å². The first-order valence-electron chi connectivity index (χ1n) is 8.42. The molecule has 1 aliphatic heterocycles. The molecule has 2 aromatic carbocycles. The number of amides is 1. The molecule has 1 heterocycles. The summed E-state index contributed by atoms with van der Waals surface area (Å²) < 4.78 is 5.10. The molecule has 0 aliphatic carbocycles. The van der Waals surface area contributed by atoms with Gasteiger partial charge in [-0.2, -0.15) is 0 Å². The van der Waals surface area contributed by atoms with Crippen LogP contribution in [0.2, 0.25) is 5.02 Å². The van der Waals surface area contributed by atoms with E-state index in [0.717, 1.165) is 11.1 Å². The molecular formula is C20H19ClN2O3. The van der Waals surface area contributed by atoms with Gasteiger partial charge in [-0.25, -0.2) is 4.79 Å². The Labute approximate surface area is 157 Å². The molecule has 0 bridgehead atoms. The Kier molecular flexibility index (Phi) is 5.38. The summed E-state index contributed by atoms with van der Waals surface area (Å²) >= 11 is 6.35. The van der Waals surface area contributed by atoms with E-state index in [4.69, 9.17) is 16.3 Å². The van der Waals surface area contributed by atoms with Crippen molar-refractivity contribution in [3.8, 4) is 0 Å². The SMILES string of the molecule is CCOC(=O)C(C)N1C(=O)CN=C(c2ccccc2Cl)c2ccccc21. The molecular weight excluding hydrogens is 352 g/mol. The van der Waals surface area contributed by atoms with E-state index in [1.54, 1.807) is 26.0 Å². The fraction of sp³-hybridized carbons (Fsp3) is 0.250. The van der Waals surface area contributed by atoms with Crippen LogP contribution in [0.1, 0.15) is 25.0 Å². The highest BCUT2D eigenvalue weighted by Gasteiger charge is 2.32. The van der Waals surface area contributed by atoms with Crippen LogP contribution >= 0.6 is 11.6 Å². The summed E-state index contributed by atoms with van der Waals surface area (Å²) in [6.07, 6.45) is 0. The predicted octanol–water partition coefficient (Wildman–Crippen LogP) is 3.48. The number of rotatable bonds is 4. The van der Waals surface area contributed by atoms with Crippen LogP contribution in [0.5, 0.6) is 0 Å². The van der Waals surface area contributed by atoms with Gasteiger partial charge in [0, 0.05) is 16.1 Å². The molecule has 5 nitrogen and oxygen atoms in total. The summed E-state index contributed by atoms with van der Waals surface area (Å²) in [7, 11) is 0. The summed E-state index contributed by atoms with van der Waals surface area (Å²) in [4.78, 5) is 31.0. The third-order valence-corrected chi connectivity index (χ3v) is 4.53. The molecule has 6 heteroatoms. The summed E-state index contributed by atoms with van der Waals surface area (Å²) in [5, 5.41) is 0.556. The van der Waals surface area contributed by atoms with Gasteiger partial charge >= 0.3 is 5.97 Å². The molecule has 1 atom stereocenters. The van der Waals surface area contributed by atoms with Gasteiger partial charge in [0.25, 0.3) is 0 Å². The van der Waals surface area contributed by atoms with E-state index in [1.807, 2.05) is 36.4 Å². The van der Waals surface area contributed by atoms with E-state index in [0.29, 0.717) is 16.4 Å². The zero-order valence-electron chi connectivity index (χ0n) is 14.6.